The van der Waals surface area contributed by atoms with Crippen molar-refractivity contribution in [1.82, 2.24) is 15.5 Å². The molecule has 2 aromatic rings. The fourth-order valence-electron chi connectivity index (χ4n) is 2.94. The lowest BCUT2D eigenvalue weighted by molar-refractivity contribution is 0.0910. The van der Waals surface area contributed by atoms with Crippen LogP contribution in [-0.4, -0.2) is 33.9 Å². The Labute approximate surface area is 141 Å². The third kappa shape index (κ3) is 3.59. The van der Waals surface area contributed by atoms with E-state index in [9.17, 15) is 9.90 Å². The zero-order valence-corrected chi connectivity index (χ0v) is 14.0. The average molecular weight is 329 g/mol. The summed E-state index contributed by atoms with van der Waals surface area (Å²) >= 11 is 0. The third-order valence-electron chi connectivity index (χ3n) is 4.11. The first-order valence-electron chi connectivity index (χ1n) is 8.33. The number of amides is 1. The Hall–Kier alpha value is -2.34. The Morgan fingerprint density at radius 3 is 2.79 bits per heavy atom. The fourth-order valence-corrected chi connectivity index (χ4v) is 2.94. The molecule has 1 unspecified atom stereocenters. The number of aliphatic hydroxyl groups is 1. The van der Waals surface area contributed by atoms with Crippen LogP contribution in [-0.2, 0) is 12.8 Å². The number of fused-ring (bicyclic) bond motifs is 1. The second kappa shape index (κ2) is 7.05. The minimum atomic E-state index is -0.769. The van der Waals surface area contributed by atoms with Crippen molar-refractivity contribution >= 4 is 5.91 Å². The summed E-state index contributed by atoms with van der Waals surface area (Å²) in [7, 11) is 0. The first-order valence-corrected chi connectivity index (χ1v) is 8.33. The van der Waals surface area contributed by atoms with E-state index >= 15 is 0 Å². The van der Waals surface area contributed by atoms with Crippen molar-refractivity contribution in [3.8, 4) is 5.75 Å². The maximum atomic E-state index is 12.3. The summed E-state index contributed by atoms with van der Waals surface area (Å²) in [4.78, 5) is 12.3. The molecule has 0 fully saturated rings. The standard InChI is InChI=1S/C18H23N3O3/c1-11(2)24-13-8-6-12(7-9-13)16(22)10-19-18(23)17-14-4-3-5-15(14)20-21-17/h6-9,11,16,22H,3-5,10H2,1-2H3,(H,19,23)(H,20,21). The normalized spacial score (nSPS) is 14.5. The second-order valence-electron chi connectivity index (χ2n) is 6.34. The lowest BCUT2D eigenvalue weighted by Gasteiger charge is -2.14. The van der Waals surface area contributed by atoms with E-state index in [1.165, 1.54) is 0 Å². The highest BCUT2D eigenvalue weighted by Gasteiger charge is 2.23. The molecule has 1 heterocycles. The Morgan fingerprint density at radius 1 is 1.33 bits per heavy atom. The largest absolute Gasteiger partial charge is 0.491 e. The number of hydrogen-bond acceptors (Lipinski definition) is 4. The van der Waals surface area contributed by atoms with Crippen LogP contribution in [0.25, 0.3) is 0 Å². The molecule has 1 atom stereocenters. The molecule has 6 nitrogen and oxygen atoms in total. The van der Waals surface area contributed by atoms with E-state index in [0.717, 1.165) is 41.8 Å². The first-order chi connectivity index (χ1) is 11.5. The molecule has 3 N–H and O–H groups in total. The number of aromatic amines is 1. The van der Waals surface area contributed by atoms with E-state index in [1.807, 2.05) is 26.0 Å². The van der Waals surface area contributed by atoms with Crippen LogP contribution in [0.2, 0.25) is 0 Å². The van der Waals surface area contributed by atoms with Crippen molar-refractivity contribution in [2.75, 3.05) is 6.54 Å². The number of aromatic nitrogens is 2. The van der Waals surface area contributed by atoms with Gasteiger partial charge in [0.2, 0.25) is 0 Å². The molecule has 0 saturated carbocycles. The van der Waals surface area contributed by atoms with Gasteiger partial charge in [-0.1, -0.05) is 12.1 Å². The summed E-state index contributed by atoms with van der Waals surface area (Å²) < 4.78 is 5.58. The number of nitrogens with one attached hydrogen (secondary N) is 2. The molecule has 128 valence electrons. The third-order valence-corrected chi connectivity index (χ3v) is 4.11. The van der Waals surface area contributed by atoms with Crippen molar-refractivity contribution in [2.45, 2.75) is 45.3 Å². The first kappa shape index (κ1) is 16.5. The number of carbonyl (C=O) groups excluding carboxylic acids is 1. The zero-order chi connectivity index (χ0) is 17.1. The van der Waals surface area contributed by atoms with Crippen LogP contribution in [0.3, 0.4) is 0 Å². The summed E-state index contributed by atoms with van der Waals surface area (Å²) in [6.07, 6.45) is 2.22. The predicted octanol–water partition coefficient (Wildman–Crippen LogP) is 2.15. The van der Waals surface area contributed by atoms with Gasteiger partial charge in [0, 0.05) is 17.8 Å². The number of H-pyrrole nitrogens is 1. The SMILES string of the molecule is CC(C)Oc1ccc(C(O)CNC(=O)c2n[nH]c3c2CCC3)cc1. The number of rotatable bonds is 6. The summed E-state index contributed by atoms with van der Waals surface area (Å²) in [5.41, 5.74) is 3.26. The Balaban J connectivity index is 1.56. The summed E-state index contributed by atoms with van der Waals surface area (Å²) in [6.45, 7) is 4.07. The minimum Gasteiger partial charge on any atom is -0.491 e. The average Bonchev–Trinajstić information content (AvgIpc) is 3.15. The van der Waals surface area contributed by atoms with Gasteiger partial charge in [0.1, 0.15) is 5.75 Å². The monoisotopic (exact) mass is 329 g/mol. The van der Waals surface area contributed by atoms with Gasteiger partial charge in [-0.15, -0.1) is 0 Å². The molecule has 1 aromatic heterocycles. The molecule has 0 bridgehead atoms. The number of hydrogen-bond donors (Lipinski definition) is 3. The van der Waals surface area contributed by atoms with Crippen LogP contribution in [0.1, 0.15) is 53.7 Å². The van der Waals surface area contributed by atoms with Crippen LogP contribution < -0.4 is 10.1 Å². The summed E-state index contributed by atoms with van der Waals surface area (Å²) in [5, 5.41) is 20.0. The van der Waals surface area contributed by atoms with Gasteiger partial charge in [0.25, 0.3) is 5.91 Å². The van der Waals surface area contributed by atoms with Crippen molar-refractivity contribution < 1.29 is 14.6 Å². The van der Waals surface area contributed by atoms with Gasteiger partial charge in [-0.05, 0) is 50.8 Å². The number of nitrogens with zero attached hydrogens (tertiary/aromatic N) is 1. The molecule has 6 heteroatoms. The van der Waals surface area contributed by atoms with Crippen LogP contribution in [0, 0.1) is 0 Å². The predicted molar refractivity (Wildman–Crippen MR) is 90.1 cm³/mol. The van der Waals surface area contributed by atoms with Crippen LogP contribution in [0.15, 0.2) is 24.3 Å². The molecule has 0 saturated heterocycles. The highest BCUT2D eigenvalue weighted by molar-refractivity contribution is 5.94. The maximum Gasteiger partial charge on any atom is 0.272 e. The van der Waals surface area contributed by atoms with Gasteiger partial charge < -0.3 is 15.2 Å². The maximum absolute atomic E-state index is 12.3. The number of ether oxygens (including phenoxy) is 1. The van der Waals surface area contributed by atoms with Gasteiger partial charge in [0.15, 0.2) is 5.69 Å². The number of aliphatic hydroxyl groups excluding tert-OH is 1. The lowest BCUT2D eigenvalue weighted by atomic mass is 10.1. The van der Waals surface area contributed by atoms with Crippen molar-refractivity contribution in [3.63, 3.8) is 0 Å². The molecular formula is C18H23N3O3. The van der Waals surface area contributed by atoms with Crippen molar-refractivity contribution in [2.24, 2.45) is 0 Å². The van der Waals surface area contributed by atoms with Gasteiger partial charge in [-0.3, -0.25) is 9.89 Å². The molecule has 0 spiro atoms. The van der Waals surface area contributed by atoms with E-state index in [1.54, 1.807) is 12.1 Å². The lowest BCUT2D eigenvalue weighted by Crippen LogP contribution is -2.29. The van der Waals surface area contributed by atoms with Crippen molar-refractivity contribution in [3.05, 3.63) is 46.8 Å². The molecule has 0 radical (unpaired) electrons. The molecular weight excluding hydrogens is 306 g/mol. The minimum absolute atomic E-state index is 0.107. The number of aryl methyl sites for hydroxylation is 1. The van der Waals surface area contributed by atoms with Crippen molar-refractivity contribution in [1.29, 1.82) is 0 Å². The molecule has 24 heavy (non-hydrogen) atoms. The Kier molecular flexibility index (Phi) is 4.85. The molecule has 1 aromatic carbocycles. The van der Waals surface area contributed by atoms with E-state index in [2.05, 4.69) is 15.5 Å². The van der Waals surface area contributed by atoms with E-state index in [0.29, 0.717) is 5.69 Å². The molecule has 1 aliphatic rings. The van der Waals surface area contributed by atoms with Crippen LogP contribution >= 0.6 is 0 Å². The quantitative estimate of drug-likeness (QED) is 0.758. The fraction of sp³-hybridized carbons (Fsp3) is 0.444. The van der Waals surface area contributed by atoms with Crippen LogP contribution in [0.4, 0.5) is 0 Å². The smallest absolute Gasteiger partial charge is 0.272 e. The van der Waals surface area contributed by atoms with Crippen LogP contribution in [0.5, 0.6) is 5.75 Å². The zero-order valence-electron chi connectivity index (χ0n) is 14.0. The topological polar surface area (TPSA) is 87.2 Å². The van der Waals surface area contributed by atoms with E-state index < -0.39 is 6.10 Å². The molecule has 1 aliphatic carbocycles. The summed E-state index contributed by atoms with van der Waals surface area (Å²) in [6, 6.07) is 7.25. The Bertz CT molecular complexity index is 707. The second-order valence-corrected chi connectivity index (χ2v) is 6.34. The van der Waals surface area contributed by atoms with E-state index in [4.69, 9.17) is 4.74 Å². The highest BCUT2D eigenvalue weighted by atomic mass is 16.5. The molecule has 3 rings (SSSR count). The Morgan fingerprint density at radius 2 is 2.08 bits per heavy atom. The van der Waals surface area contributed by atoms with Gasteiger partial charge in [-0.25, -0.2) is 0 Å². The van der Waals surface area contributed by atoms with Gasteiger partial charge in [0.05, 0.1) is 12.2 Å². The van der Waals surface area contributed by atoms with Gasteiger partial charge in [-0.2, -0.15) is 5.10 Å². The summed E-state index contributed by atoms with van der Waals surface area (Å²) in [5.74, 6) is 0.519. The van der Waals surface area contributed by atoms with Gasteiger partial charge >= 0.3 is 0 Å². The van der Waals surface area contributed by atoms with E-state index in [-0.39, 0.29) is 18.6 Å². The number of benzene rings is 1. The molecule has 1 amide bonds. The molecule has 0 aliphatic heterocycles. The number of carbonyl (C=O) groups is 1. The highest BCUT2D eigenvalue weighted by Crippen LogP contribution is 2.23.